The van der Waals surface area contributed by atoms with Crippen molar-refractivity contribution in [2.45, 2.75) is 6.92 Å². The maximum absolute atomic E-state index is 2.40. The third kappa shape index (κ3) is 2.37. The van der Waals surface area contributed by atoms with Gasteiger partial charge in [-0.2, -0.15) is 0 Å². The molecule has 130 valence electrons. The summed E-state index contributed by atoms with van der Waals surface area (Å²) in [5, 5.41) is 2.58. The Morgan fingerprint density at radius 1 is 0.667 bits per heavy atom. The number of aryl methyl sites for hydroxylation is 2. The molecular formula is C25H21N2+. The van der Waals surface area contributed by atoms with Gasteiger partial charge in [-0.1, -0.05) is 48.5 Å². The van der Waals surface area contributed by atoms with Gasteiger partial charge in [0.2, 0.25) is 5.69 Å². The Balaban J connectivity index is 1.95. The lowest BCUT2D eigenvalue weighted by Crippen LogP contribution is -2.30. The minimum absolute atomic E-state index is 1.22. The van der Waals surface area contributed by atoms with E-state index < -0.39 is 0 Å². The summed E-state index contributed by atoms with van der Waals surface area (Å²) < 4.78 is 4.60. The van der Waals surface area contributed by atoms with Crippen LogP contribution < -0.4 is 4.57 Å². The Hall–Kier alpha value is -3.39. The van der Waals surface area contributed by atoms with E-state index in [0.717, 1.165) is 0 Å². The molecular weight excluding hydrogens is 328 g/mol. The SMILES string of the molecule is Cc1cccc(-n2c3ccccc3c3ccccc32)c1-c1cccc[n+]1C. The third-order valence-electron chi connectivity index (χ3n) is 5.38. The lowest BCUT2D eigenvalue weighted by atomic mass is 10.0. The first-order valence-corrected chi connectivity index (χ1v) is 9.29. The van der Waals surface area contributed by atoms with Crippen molar-refractivity contribution in [2.24, 2.45) is 7.05 Å². The predicted octanol–water partition coefficient (Wildman–Crippen LogP) is 5.58. The van der Waals surface area contributed by atoms with Gasteiger partial charge in [0.15, 0.2) is 6.20 Å². The van der Waals surface area contributed by atoms with Crippen LogP contribution in [0.15, 0.2) is 91.1 Å². The molecule has 0 N–H and O–H groups in total. The molecule has 2 nitrogen and oxygen atoms in total. The molecule has 0 radical (unpaired) electrons. The van der Waals surface area contributed by atoms with Crippen LogP contribution in [0.1, 0.15) is 5.56 Å². The largest absolute Gasteiger partial charge is 0.308 e. The van der Waals surface area contributed by atoms with Gasteiger partial charge in [-0.15, -0.1) is 0 Å². The molecule has 0 saturated heterocycles. The highest BCUT2D eigenvalue weighted by Gasteiger charge is 2.20. The fourth-order valence-corrected chi connectivity index (χ4v) is 4.14. The molecule has 0 atom stereocenters. The van der Waals surface area contributed by atoms with Gasteiger partial charge >= 0.3 is 0 Å². The predicted molar refractivity (Wildman–Crippen MR) is 112 cm³/mol. The lowest BCUT2D eigenvalue weighted by molar-refractivity contribution is -0.660. The van der Waals surface area contributed by atoms with Gasteiger partial charge in [-0.25, -0.2) is 4.57 Å². The second-order valence-corrected chi connectivity index (χ2v) is 7.04. The van der Waals surface area contributed by atoms with Gasteiger partial charge in [-0.05, 0) is 36.8 Å². The Morgan fingerprint density at radius 2 is 1.30 bits per heavy atom. The highest BCUT2D eigenvalue weighted by molar-refractivity contribution is 6.09. The van der Waals surface area contributed by atoms with Crippen molar-refractivity contribution >= 4 is 21.8 Å². The topological polar surface area (TPSA) is 8.81 Å². The van der Waals surface area contributed by atoms with Crippen LogP contribution in [0.3, 0.4) is 0 Å². The summed E-state index contributed by atoms with van der Waals surface area (Å²) in [5.41, 5.74) is 7.46. The van der Waals surface area contributed by atoms with Gasteiger partial charge in [0.25, 0.3) is 0 Å². The van der Waals surface area contributed by atoms with Gasteiger partial charge < -0.3 is 4.57 Å². The molecule has 2 heterocycles. The molecule has 2 aromatic heterocycles. The molecule has 3 aromatic carbocycles. The second-order valence-electron chi connectivity index (χ2n) is 7.04. The van der Waals surface area contributed by atoms with Crippen molar-refractivity contribution in [1.82, 2.24) is 4.57 Å². The fraction of sp³-hybridized carbons (Fsp3) is 0.0800. The van der Waals surface area contributed by atoms with Crippen molar-refractivity contribution in [1.29, 1.82) is 0 Å². The van der Waals surface area contributed by atoms with Crippen LogP contribution >= 0.6 is 0 Å². The first-order chi connectivity index (χ1) is 13.3. The lowest BCUT2D eigenvalue weighted by Gasteiger charge is -2.14. The Kier molecular flexibility index (Phi) is 3.58. The molecule has 27 heavy (non-hydrogen) atoms. The monoisotopic (exact) mass is 349 g/mol. The number of aromatic nitrogens is 2. The zero-order chi connectivity index (χ0) is 18.4. The number of fused-ring (bicyclic) bond motifs is 3. The smallest absolute Gasteiger partial charge is 0.214 e. The molecule has 2 heteroatoms. The van der Waals surface area contributed by atoms with E-state index >= 15 is 0 Å². The molecule has 0 aliphatic carbocycles. The highest BCUT2D eigenvalue weighted by atomic mass is 15.0. The Morgan fingerprint density at radius 3 is 1.96 bits per heavy atom. The number of rotatable bonds is 2. The molecule has 0 unspecified atom stereocenters. The van der Waals surface area contributed by atoms with Crippen LogP contribution in [0.25, 0.3) is 38.8 Å². The van der Waals surface area contributed by atoms with E-state index in [9.17, 15) is 0 Å². The van der Waals surface area contributed by atoms with Crippen molar-refractivity contribution < 1.29 is 4.57 Å². The molecule has 0 aliphatic heterocycles. The number of benzene rings is 3. The van der Waals surface area contributed by atoms with Crippen molar-refractivity contribution in [2.75, 3.05) is 0 Å². The zero-order valence-corrected chi connectivity index (χ0v) is 15.6. The summed E-state index contributed by atoms with van der Waals surface area (Å²) in [6.45, 7) is 2.19. The Labute approximate surface area is 158 Å². The van der Waals surface area contributed by atoms with E-state index in [4.69, 9.17) is 0 Å². The van der Waals surface area contributed by atoms with Gasteiger partial charge in [-0.3, -0.25) is 0 Å². The summed E-state index contributed by atoms with van der Waals surface area (Å²) in [7, 11) is 2.11. The zero-order valence-electron chi connectivity index (χ0n) is 15.6. The number of hydrogen-bond donors (Lipinski definition) is 0. The standard InChI is InChI=1S/C25H21N2/c1-18-10-9-16-24(25(18)23-15-7-8-17-26(23)2)27-21-13-5-3-11-19(21)20-12-4-6-14-22(20)27/h3-17H,1-2H3/q+1. The number of pyridine rings is 1. The molecule has 0 spiro atoms. The molecule has 0 aliphatic rings. The minimum Gasteiger partial charge on any atom is -0.308 e. The van der Waals surface area contributed by atoms with Crippen LogP contribution in [0.5, 0.6) is 0 Å². The summed E-state index contributed by atoms with van der Waals surface area (Å²) in [5.74, 6) is 0. The number of para-hydroxylation sites is 2. The molecule has 5 rings (SSSR count). The van der Waals surface area contributed by atoms with Crippen molar-refractivity contribution in [3.63, 3.8) is 0 Å². The molecule has 0 bridgehead atoms. The van der Waals surface area contributed by atoms with Gasteiger partial charge in [0.05, 0.1) is 22.3 Å². The summed E-state index contributed by atoms with van der Waals surface area (Å²) in [4.78, 5) is 0. The van der Waals surface area contributed by atoms with Crippen LogP contribution in [0, 0.1) is 6.92 Å². The van der Waals surface area contributed by atoms with Crippen LogP contribution in [-0.2, 0) is 7.05 Å². The summed E-state index contributed by atoms with van der Waals surface area (Å²) in [6.07, 6.45) is 2.11. The average Bonchev–Trinajstić information content (AvgIpc) is 3.03. The fourth-order valence-electron chi connectivity index (χ4n) is 4.14. The molecule has 5 aromatic rings. The van der Waals surface area contributed by atoms with E-state index in [0.29, 0.717) is 0 Å². The summed E-state index contributed by atoms with van der Waals surface area (Å²) >= 11 is 0. The minimum atomic E-state index is 1.22. The third-order valence-corrected chi connectivity index (χ3v) is 5.38. The van der Waals surface area contributed by atoms with E-state index in [1.165, 1.54) is 44.3 Å². The van der Waals surface area contributed by atoms with E-state index in [2.05, 4.69) is 114 Å². The molecule has 0 saturated carbocycles. The quantitative estimate of drug-likeness (QED) is 0.368. The number of hydrogen-bond acceptors (Lipinski definition) is 0. The van der Waals surface area contributed by atoms with E-state index in [-0.39, 0.29) is 0 Å². The van der Waals surface area contributed by atoms with Gasteiger partial charge in [0, 0.05) is 22.9 Å². The molecule has 0 amide bonds. The molecule has 0 fully saturated rings. The summed E-state index contributed by atoms with van der Waals surface area (Å²) in [6, 6.07) is 30.3. The normalized spacial score (nSPS) is 11.3. The van der Waals surface area contributed by atoms with Crippen molar-refractivity contribution in [3.8, 4) is 16.9 Å². The first-order valence-electron chi connectivity index (χ1n) is 9.29. The first kappa shape index (κ1) is 15.8. The van der Waals surface area contributed by atoms with Crippen LogP contribution in [-0.4, -0.2) is 4.57 Å². The maximum Gasteiger partial charge on any atom is 0.214 e. The highest BCUT2D eigenvalue weighted by Crippen LogP contribution is 2.36. The average molecular weight is 349 g/mol. The van der Waals surface area contributed by atoms with Crippen LogP contribution in [0.2, 0.25) is 0 Å². The van der Waals surface area contributed by atoms with Gasteiger partial charge in [0.1, 0.15) is 7.05 Å². The van der Waals surface area contributed by atoms with Crippen LogP contribution in [0.4, 0.5) is 0 Å². The van der Waals surface area contributed by atoms with E-state index in [1.54, 1.807) is 0 Å². The van der Waals surface area contributed by atoms with E-state index in [1.807, 2.05) is 0 Å². The Bertz CT molecular complexity index is 1240. The maximum atomic E-state index is 2.40. The van der Waals surface area contributed by atoms with Crippen molar-refractivity contribution in [3.05, 3.63) is 96.7 Å². The number of nitrogens with zero attached hydrogens (tertiary/aromatic N) is 2. The second kappa shape index (κ2) is 6.10.